The summed E-state index contributed by atoms with van der Waals surface area (Å²) >= 11 is 0. The third-order valence-corrected chi connectivity index (χ3v) is 3.18. The third kappa shape index (κ3) is 3.01. The Kier molecular flexibility index (Phi) is 4.20. The van der Waals surface area contributed by atoms with Gasteiger partial charge in [-0.2, -0.15) is 0 Å². The highest BCUT2D eigenvalue weighted by Crippen LogP contribution is 2.25. The van der Waals surface area contributed by atoms with Gasteiger partial charge in [0, 0.05) is 12.1 Å². The molecule has 0 spiro atoms. The molecule has 18 heavy (non-hydrogen) atoms. The van der Waals surface area contributed by atoms with E-state index >= 15 is 0 Å². The van der Waals surface area contributed by atoms with Crippen LogP contribution in [0.15, 0.2) is 23.4 Å². The molecule has 0 aliphatic heterocycles. The van der Waals surface area contributed by atoms with Crippen LogP contribution in [0.4, 0.5) is 0 Å². The fourth-order valence-electron chi connectivity index (χ4n) is 2.18. The Labute approximate surface area is 108 Å². The lowest BCUT2D eigenvalue weighted by molar-refractivity contribution is 0.261. The first-order valence-corrected chi connectivity index (χ1v) is 6.32. The van der Waals surface area contributed by atoms with Gasteiger partial charge in [0.05, 0.1) is 5.71 Å². The van der Waals surface area contributed by atoms with Crippen LogP contribution in [0.5, 0.6) is 5.75 Å². The molecular weight excluding hydrogens is 228 g/mol. The molecule has 0 fully saturated rings. The summed E-state index contributed by atoms with van der Waals surface area (Å²) in [6, 6.07) is 6.01. The number of aryl methyl sites for hydroxylation is 1. The lowest BCUT2D eigenvalue weighted by Crippen LogP contribution is -2.19. The molecule has 1 N–H and O–H groups in total. The molecule has 0 heterocycles. The van der Waals surface area contributed by atoms with Crippen molar-refractivity contribution < 1.29 is 9.94 Å². The number of hydrogen-bond donors (Lipinski definition) is 1. The topological polar surface area (TPSA) is 45.1 Å². The zero-order chi connectivity index (χ0) is 13.0. The summed E-state index contributed by atoms with van der Waals surface area (Å²) in [4.78, 5) is 2.09. The van der Waals surface area contributed by atoms with Crippen molar-refractivity contribution in [2.45, 2.75) is 19.3 Å². The number of ether oxygens (including phenoxy) is 1. The van der Waals surface area contributed by atoms with Crippen molar-refractivity contribution >= 4 is 5.71 Å². The van der Waals surface area contributed by atoms with Gasteiger partial charge in [-0.05, 0) is 57.1 Å². The second kappa shape index (κ2) is 5.87. The van der Waals surface area contributed by atoms with Crippen LogP contribution in [-0.2, 0) is 6.42 Å². The van der Waals surface area contributed by atoms with Gasteiger partial charge in [-0.1, -0.05) is 5.16 Å². The summed E-state index contributed by atoms with van der Waals surface area (Å²) in [7, 11) is 4.06. The van der Waals surface area contributed by atoms with Crippen molar-refractivity contribution in [1.29, 1.82) is 0 Å². The minimum absolute atomic E-state index is 0.687. The molecule has 4 nitrogen and oxygen atoms in total. The molecule has 0 atom stereocenters. The highest BCUT2D eigenvalue weighted by molar-refractivity contribution is 6.02. The number of fused-ring (bicyclic) bond motifs is 1. The van der Waals surface area contributed by atoms with Crippen LogP contribution in [0, 0.1) is 0 Å². The molecule has 0 amide bonds. The lowest BCUT2D eigenvalue weighted by atomic mass is 9.90. The zero-order valence-corrected chi connectivity index (χ0v) is 11.0. The van der Waals surface area contributed by atoms with E-state index in [0.29, 0.717) is 6.61 Å². The Morgan fingerprint density at radius 1 is 1.33 bits per heavy atom. The van der Waals surface area contributed by atoms with Crippen LogP contribution >= 0.6 is 0 Å². The Hall–Kier alpha value is -1.55. The summed E-state index contributed by atoms with van der Waals surface area (Å²) in [6.45, 7) is 1.59. The highest BCUT2D eigenvalue weighted by Gasteiger charge is 2.16. The number of benzene rings is 1. The molecule has 0 unspecified atom stereocenters. The molecule has 1 aliphatic rings. The average molecular weight is 248 g/mol. The molecule has 0 aromatic heterocycles. The second-order valence-electron chi connectivity index (χ2n) is 4.87. The summed E-state index contributed by atoms with van der Waals surface area (Å²) in [5.74, 6) is 0.898. The lowest BCUT2D eigenvalue weighted by Gasteiger charge is -2.18. The molecule has 1 aromatic rings. The minimum atomic E-state index is 0.687. The molecule has 0 radical (unpaired) electrons. The SMILES string of the molecule is CN(C)CCOc1ccc2c(c1)CCCC2=NO. The molecular formula is C14H20N2O2. The van der Waals surface area contributed by atoms with Crippen molar-refractivity contribution in [3.63, 3.8) is 0 Å². The third-order valence-electron chi connectivity index (χ3n) is 3.18. The number of rotatable bonds is 4. The molecule has 0 saturated heterocycles. The Balaban J connectivity index is 2.07. The van der Waals surface area contributed by atoms with Gasteiger partial charge in [-0.15, -0.1) is 0 Å². The Bertz CT molecular complexity index is 441. The largest absolute Gasteiger partial charge is 0.492 e. The maximum atomic E-state index is 8.96. The van der Waals surface area contributed by atoms with Crippen molar-refractivity contribution in [2.24, 2.45) is 5.16 Å². The van der Waals surface area contributed by atoms with Crippen LogP contribution in [-0.4, -0.2) is 43.1 Å². The first-order valence-electron chi connectivity index (χ1n) is 6.32. The van der Waals surface area contributed by atoms with Gasteiger partial charge < -0.3 is 14.8 Å². The molecule has 1 aromatic carbocycles. The Morgan fingerprint density at radius 3 is 2.89 bits per heavy atom. The van der Waals surface area contributed by atoms with E-state index in [-0.39, 0.29) is 0 Å². The van der Waals surface area contributed by atoms with Crippen molar-refractivity contribution in [2.75, 3.05) is 27.2 Å². The number of likely N-dealkylation sites (N-methyl/N-ethyl adjacent to an activating group) is 1. The second-order valence-corrected chi connectivity index (χ2v) is 4.87. The number of oxime groups is 1. The van der Waals surface area contributed by atoms with E-state index in [1.165, 1.54) is 5.56 Å². The monoisotopic (exact) mass is 248 g/mol. The van der Waals surface area contributed by atoms with Crippen LogP contribution in [0.3, 0.4) is 0 Å². The number of nitrogens with zero attached hydrogens (tertiary/aromatic N) is 2. The van der Waals surface area contributed by atoms with Crippen LogP contribution in [0.1, 0.15) is 24.0 Å². The van der Waals surface area contributed by atoms with E-state index < -0.39 is 0 Å². The zero-order valence-electron chi connectivity index (χ0n) is 11.0. The normalized spacial score (nSPS) is 16.9. The maximum absolute atomic E-state index is 8.96. The van der Waals surface area contributed by atoms with Crippen molar-refractivity contribution in [3.8, 4) is 5.75 Å². The van der Waals surface area contributed by atoms with Gasteiger partial charge in [0.1, 0.15) is 12.4 Å². The summed E-state index contributed by atoms with van der Waals surface area (Å²) in [5.41, 5.74) is 3.07. The van der Waals surface area contributed by atoms with Crippen LogP contribution in [0.25, 0.3) is 0 Å². The predicted molar refractivity (Wildman–Crippen MR) is 71.8 cm³/mol. The summed E-state index contributed by atoms with van der Waals surface area (Å²) in [5, 5.41) is 12.3. The standard InChI is InChI=1S/C14H20N2O2/c1-16(2)8-9-18-12-6-7-13-11(10-12)4-3-5-14(13)15-17/h6-7,10,17H,3-5,8-9H2,1-2H3. The van der Waals surface area contributed by atoms with Gasteiger partial charge in [-0.3, -0.25) is 0 Å². The first-order chi connectivity index (χ1) is 8.70. The highest BCUT2D eigenvalue weighted by atomic mass is 16.5. The molecule has 4 heteroatoms. The van der Waals surface area contributed by atoms with E-state index in [0.717, 1.165) is 42.8 Å². The van der Waals surface area contributed by atoms with Gasteiger partial charge in [0.25, 0.3) is 0 Å². The van der Waals surface area contributed by atoms with E-state index in [1.54, 1.807) is 0 Å². The van der Waals surface area contributed by atoms with Crippen LogP contribution in [0.2, 0.25) is 0 Å². The maximum Gasteiger partial charge on any atom is 0.119 e. The fraction of sp³-hybridized carbons (Fsp3) is 0.500. The number of hydrogen-bond acceptors (Lipinski definition) is 4. The molecule has 0 saturated carbocycles. The van der Waals surface area contributed by atoms with E-state index in [2.05, 4.69) is 16.1 Å². The van der Waals surface area contributed by atoms with E-state index in [9.17, 15) is 0 Å². The van der Waals surface area contributed by atoms with Gasteiger partial charge >= 0.3 is 0 Å². The first kappa shape index (κ1) is 12.9. The van der Waals surface area contributed by atoms with Gasteiger partial charge in [-0.25, -0.2) is 0 Å². The summed E-state index contributed by atoms with van der Waals surface area (Å²) in [6.07, 6.45) is 2.91. The predicted octanol–water partition coefficient (Wildman–Crippen LogP) is 2.14. The van der Waals surface area contributed by atoms with Crippen molar-refractivity contribution in [1.82, 2.24) is 4.90 Å². The molecule has 0 bridgehead atoms. The van der Waals surface area contributed by atoms with E-state index in [4.69, 9.17) is 9.94 Å². The van der Waals surface area contributed by atoms with Crippen molar-refractivity contribution in [3.05, 3.63) is 29.3 Å². The average Bonchev–Trinajstić information content (AvgIpc) is 2.37. The van der Waals surface area contributed by atoms with Gasteiger partial charge in [0.2, 0.25) is 0 Å². The molecule has 2 rings (SSSR count). The fourth-order valence-corrected chi connectivity index (χ4v) is 2.18. The van der Waals surface area contributed by atoms with Crippen LogP contribution < -0.4 is 4.74 Å². The smallest absolute Gasteiger partial charge is 0.119 e. The van der Waals surface area contributed by atoms with E-state index in [1.807, 2.05) is 26.2 Å². The quantitative estimate of drug-likeness (QED) is 0.656. The Morgan fingerprint density at radius 2 is 2.17 bits per heavy atom. The summed E-state index contributed by atoms with van der Waals surface area (Å²) < 4.78 is 5.71. The molecule has 98 valence electrons. The molecule has 1 aliphatic carbocycles. The minimum Gasteiger partial charge on any atom is -0.492 e. The van der Waals surface area contributed by atoms with Gasteiger partial charge in [0.15, 0.2) is 0 Å².